The Labute approximate surface area is 239 Å². The van der Waals surface area contributed by atoms with Gasteiger partial charge in [-0.05, 0) is 73.4 Å². The molecule has 1 heterocycles. The summed E-state index contributed by atoms with van der Waals surface area (Å²) < 4.78 is 64.8. The number of nitrogens with one attached hydrogen (secondary N) is 2. The smallest absolute Gasteiger partial charge is 0.418 e. The predicted molar refractivity (Wildman–Crippen MR) is 147 cm³/mol. The van der Waals surface area contributed by atoms with Crippen LogP contribution in [0.1, 0.15) is 39.9 Å². The van der Waals surface area contributed by atoms with Crippen LogP contribution in [0.2, 0.25) is 0 Å². The number of anilines is 2. The fourth-order valence-electron chi connectivity index (χ4n) is 4.76. The number of aryl methyl sites for hydroxylation is 1. The number of ketones is 1. The molecular formula is C30H29F4N3O5. The van der Waals surface area contributed by atoms with Crippen LogP contribution in [-0.4, -0.2) is 48.9 Å². The Balaban J connectivity index is 1.35. The lowest BCUT2D eigenvalue weighted by molar-refractivity contribution is -0.137. The molecule has 1 fully saturated rings. The van der Waals surface area contributed by atoms with E-state index in [-0.39, 0.29) is 23.6 Å². The molecule has 0 spiro atoms. The third kappa shape index (κ3) is 7.43. The van der Waals surface area contributed by atoms with Gasteiger partial charge in [-0.15, -0.1) is 0 Å². The molecule has 2 N–H and O–H groups in total. The van der Waals surface area contributed by atoms with E-state index in [9.17, 15) is 27.6 Å². The van der Waals surface area contributed by atoms with Gasteiger partial charge in [0, 0.05) is 18.7 Å². The van der Waals surface area contributed by atoms with E-state index < -0.39 is 36.3 Å². The van der Waals surface area contributed by atoms with Gasteiger partial charge in [-0.3, -0.25) is 4.79 Å². The molecule has 2 amide bonds. The van der Waals surface area contributed by atoms with Gasteiger partial charge in [0.25, 0.3) is 6.48 Å². The van der Waals surface area contributed by atoms with Crippen molar-refractivity contribution in [1.29, 1.82) is 0 Å². The monoisotopic (exact) mass is 587 g/mol. The summed E-state index contributed by atoms with van der Waals surface area (Å²) in [6, 6.07) is 13.7. The number of Topliss-reactive ketones (excluding diaryl/α,β-unsaturated/α-hetero) is 1. The number of amides is 2. The van der Waals surface area contributed by atoms with Crippen LogP contribution in [0.15, 0.2) is 66.7 Å². The van der Waals surface area contributed by atoms with E-state index in [1.807, 2.05) is 0 Å². The Hall–Kier alpha value is -4.45. The SMILES string of the molecule is COC(=O)c1ccc(O[C@@H](F)N2CCC[C@H]2C(=O)Cc2ccc(NC(=O)Nc3ccccc3C(F)(F)F)c(C)c2)cc1. The number of likely N-dealkylation sites (tertiary alicyclic amines) is 1. The molecule has 222 valence electrons. The van der Waals surface area contributed by atoms with Crippen molar-refractivity contribution >= 4 is 29.2 Å². The van der Waals surface area contributed by atoms with E-state index in [2.05, 4.69) is 15.4 Å². The number of carbonyl (C=O) groups excluding carboxylic acids is 3. The molecular weight excluding hydrogens is 558 g/mol. The fourth-order valence-corrected chi connectivity index (χ4v) is 4.76. The van der Waals surface area contributed by atoms with Gasteiger partial charge in [-0.1, -0.05) is 24.3 Å². The van der Waals surface area contributed by atoms with Crippen LogP contribution in [0.4, 0.5) is 33.7 Å². The van der Waals surface area contributed by atoms with Crippen molar-refractivity contribution < 1.29 is 41.4 Å². The van der Waals surface area contributed by atoms with Crippen molar-refractivity contribution in [3.63, 3.8) is 0 Å². The number of nitrogens with zero attached hydrogens (tertiary/aromatic N) is 1. The maximum absolute atomic E-state index is 15.1. The van der Waals surface area contributed by atoms with E-state index in [0.29, 0.717) is 41.8 Å². The Morgan fingerprint density at radius 2 is 1.69 bits per heavy atom. The van der Waals surface area contributed by atoms with Gasteiger partial charge >= 0.3 is 18.2 Å². The topological polar surface area (TPSA) is 97.0 Å². The van der Waals surface area contributed by atoms with Crippen molar-refractivity contribution in [1.82, 2.24) is 4.90 Å². The predicted octanol–water partition coefficient (Wildman–Crippen LogP) is 6.35. The Bertz CT molecular complexity index is 1450. The van der Waals surface area contributed by atoms with Gasteiger partial charge in [0.2, 0.25) is 0 Å². The molecule has 8 nitrogen and oxygen atoms in total. The number of urea groups is 1. The average Bonchev–Trinajstić information content (AvgIpc) is 3.45. The zero-order chi connectivity index (χ0) is 30.4. The number of hydrogen-bond donors (Lipinski definition) is 2. The first-order chi connectivity index (χ1) is 20.0. The minimum absolute atomic E-state index is 0.00792. The summed E-state index contributed by atoms with van der Waals surface area (Å²) in [5, 5.41) is 4.75. The number of alkyl halides is 4. The molecule has 3 aromatic rings. The summed E-state index contributed by atoms with van der Waals surface area (Å²) >= 11 is 0. The summed E-state index contributed by atoms with van der Waals surface area (Å²) in [6.45, 7) is 0.137. The number of hydrogen-bond acceptors (Lipinski definition) is 6. The van der Waals surface area contributed by atoms with E-state index in [4.69, 9.17) is 4.74 Å². The lowest BCUT2D eigenvalue weighted by Gasteiger charge is -2.27. The van der Waals surface area contributed by atoms with Gasteiger partial charge < -0.3 is 20.1 Å². The maximum atomic E-state index is 15.1. The summed E-state index contributed by atoms with van der Waals surface area (Å²) in [6.07, 6.45) is -3.56. The molecule has 4 rings (SSSR count). The number of esters is 1. The van der Waals surface area contributed by atoms with Crippen molar-refractivity contribution in [2.45, 2.75) is 44.9 Å². The molecule has 2 atom stereocenters. The van der Waals surface area contributed by atoms with Crippen molar-refractivity contribution in [2.24, 2.45) is 0 Å². The van der Waals surface area contributed by atoms with Crippen LogP contribution in [-0.2, 0) is 22.1 Å². The summed E-state index contributed by atoms with van der Waals surface area (Å²) in [5.41, 5.74) is 0.517. The maximum Gasteiger partial charge on any atom is 0.418 e. The van der Waals surface area contributed by atoms with Crippen LogP contribution in [0, 0.1) is 6.92 Å². The molecule has 0 bridgehead atoms. The highest BCUT2D eigenvalue weighted by molar-refractivity contribution is 6.00. The second-order valence-electron chi connectivity index (χ2n) is 9.74. The molecule has 0 radical (unpaired) electrons. The molecule has 1 aliphatic heterocycles. The van der Waals surface area contributed by atoms with Crippen LogP contribution in [0.3, 0.4) is 0 Å². The Kier molecular flexibility index (Phi) is 9.46. The highest BCUT2D eigenvalue weighted by Gasteiger charge is 2.37. The minimum Gasteiger partial charge on any atom is -0.465 e. The highest BCUT2D eigenvalue weighted by atomic mass is 19.4. The van der Waals surface area contributed by atoms with Crippen LogP contribution in [0.5, 0.6) is 5.75 Å². The summed E-state index contributed by atoms with van der Waals surface area (Å²) in [4.78, 5) is 38.5. The van der Waals surface area contributed by atoms with Crippen LogP contribution in [0.25, 0.3) is 0 Å². The number of ether oxygens (including phenoxy) is 2. The molecule has 1 aliphatic rings. The summed E-state index contributed by atoms with van der Waals surface area (Å²) in [7, 11) is 1.26. The molecule has 0 aromatic heterocycles. The first kappa shape index (κ1) is 30.5. The first-order valence-electron chi connectivity index (χ1n) is 13.1. The molecule has 0 unspecified atom stereocenters. The molecule has 42 heavy (non-hydrogen) atoms. The van der Waals surface area contributed by atoms with Crippen molar-refractivity contribution in [3.8, 4) is 5.75 Å². The quantitative estimate of drug-likeness (QED) is 0.172. The second-order valence-corrected chi connectivity index (χ2v) is 9.74. The van der Waals surface area contributed by atoms with Gasteiger partial charge in [-0.25, -0.2) is 14.5 Å². The Morgan fingerprint density at radius 3 is 2.36 bits per heavy atom. The second kappa shape index (κ2) is 13.0. The number of carbonyl (C=O) groups is 3. The van der Waals surface area contributed by atoms with Crippen LogP contribution >= 0.6 is 0 Å². The minimum atomic E-state index is -4.63. The number of para-hydroxylation sites is 1. The molecule has 1 saturated heterocycles. The lowest BCUT2D eigenvalue weighted by atomic mass is 10.00. The average molecular weight is 588 g/mol. The third-order valence-corrected chi connectivity index (χ3v) is 6.83. The lowest BCUT2D eigenvalue weighted by Crippen LogP contribution is -2.44. The number of rotatable bonds is 9. The van der Waals surface area contributed by atoms with E-state index in [1.54, 1.807) is 25.1 Å². The zero-order valence-electron chi connectivity index (χ0n) is 22.8. The molecule has 3 aromatic carbocycles. The van der Waals surface area contributed by atoms with E-state index >= 15 is 4.39 Å². The first-order valence-corrected chi connectivity index (χ1v) is 13.1. The fraction of sp³-hybridized carbons (Fsp3) is 0.300. The van der Waals surface area contributed by atoms with Crippen LogP contribution < -0.4 is 15.4 Å². The van der Waals surface area contributed by atoms with Crippen molar-refractivity contribution in [3.05, 3.63) is 89.0 Å². The molecule has 0 saturated carbocycles. The van der Waals surface area contributed by atoms with E-state index in [1.165, 1.54) is 48.4 Å². The zero-order valence-corrected chi connectivity index (χ0v) is 22.8. The number of halogens is 4. The number of benzene rings is 3. The van der Waals surface area contributed by atoms with Gasteiger partial charge in [0.1, 0.15) is 5.75 Å². The standard InChI is InChI=1S/C30H29F4N3O5/c1-18-16-19(9-14-23(18)35-29(40)36-24-7-4-3-6-22(24)30(32,33)34)17-26(38)25-8-5-15-37(25)28(31)42-21-12-10-20(11-13-21)27(39)41-2/h3-4,6-7,9-14,16,25,28H,5,8,15,17H2,1-2H3,(H2,35,36,40)/t25-,28-/m0/s1. The molecule has 0 aliphatic carbocycles. The van der Waals surface area contributed by atoms with Gasteiger partial charge in [0.15, 0.2) is 5.78 Å². The third-order valence-electron chi connectivity index (χ3n) is 6.83. The van der Waals surface area contributed by atoms with E-state index in [0.717, 1.165) is 12.1 Å². The summed E-state index contributed by atoms with van der Waals surface area (Å²) in [5.74, 6) is -0.545. The van der Waals surface area contributed by atoms with Crippen molar-refractivity contribution in [2.75, 3.05) is 24.3 Å². The Morgan fingerprint density at radius 1 is 1.00 bits per heavy atom. The molecule has 12 heteroatoms. The van der Waals surface area contributed by atoms with Gasteiger partial charge in [0.05, 0.1) is 30.0 Å². The van der Waals surface area contributed by atoms with Gasteiger partial charge in [-0.2, -0.15) is 17.6 Å². The highest BCUT2D eigenvalue weighted by Crippen LogP contribution is 2.34. The largest absolute Gasteiger partial charge is 0.465 e. The normalized spacial score (nSPS) is 16.0. The number of methoxy groups -OCH3 is 1.